The standard InChI is InChI=1S/C27H27N3O5/c1-15-26(16-6-9-23(33-3)25(12-16)35-5)27-28-21-10-17(11-22(31)20(21)14-30(27)29-15)19-8-7-18(32-2)13-24(19)34-4/h6-9,12-14,17H,10-11H2,1-5H3. The lowest BCUT2D eigenvalue weighted by Gasteiger charge is -2.25. The van der Waals surface area contributed by atoms with Gasteiger partial charge in [-0.2, -0.15) is 5.10 Å². The molecule has 0 aliphatic heterocycles. The van der Waals surface area contributed by atoms with Gasteiger partial charge in [-0.1, -0.05) is 12.1 Å². The minimum Gasteiger partial charge on any atom is -0.497 e. The molecule has 0 N–H and O–H groups in total. The molecule has 0 bridgehead atoms. The first-order valence-corrected chi connectivity index (χ1v) is 11.3. The fourth-order valence-corrected chi connectivity index (χ4v) is 4.85. The molecule has 1 atom stereocenters. The van der Waals surface area contributed by atoms with Crippen molar-refractivity contribution in [2.75, 3.05) is 28.4 Å². The van der Waals surface area contributed by atoms with Crippen molar-refractivity contribution in [1.29, 1.82) is 0 Å². The SMILES string of the molecule is COc1ccc(C2CC(=O)c3cn4nc(C)c(-c5ccc(OC)c(OC)c5)c4nc3C2)c(OC)c1. The Morgan fingerprint density at radius 3 is 2.37 bits per heavy atom. The molecule has 35 heavy (non-hydrogen) atoms. The van der Waals surface area contributed by atoms with Crippen molar-refractivity contribution in [3.05, 3.63) is 65.1 Å². The smallest absolute Gasteiger partial charge is 0.166 e. The van der Waals surface area contributed by atoms with Crippen LogP contribution in [0.1, 0.15) is 39.6 Å². The monoisotopic (exact) mass is 473 g/mol. The molecule has 0 spiro atoms. The van der Waals surface area contributed by atoms with Crippen LogP contribution in [-0.4, -0.2) is 48.8 Å². The third-order valence-electron chi connectivity index (χ3n) is 6.59. The van der Waals surface area contributed by atoms with Gasteiger partial charge in [0.2, 0.25) is 0 Å². The molecule has 2 heterocycles. The van der Waals surface area contributed by atoms with Crippen molar-refractivity contribution < 1.29 is 23.7 Å². The zero-order chi connectivity index (χ0) is 24.7. The topological polar surface area (TPSA) is 84.2 Å². The minimum absolute atomic E-state index is 0.0423. The first-order valence-electron chi connectivity index (χ1n) is 11.3. The summed E-state index contributed by atoms with van der Waals surface area (Å²) in [5.41, 5.74) is 5.67. The lowest BCUT2D eigenvalue weighted by molar-refractivity contribution is 0.0962. The van der Waals surface area contributed by atoms with Gasteiger partial charge in [-0.05, 0) is 42.7 Å². The number of carbonyl (C=O) groups excluding carboxylic acids is 1. The summed E-state index contributed by atoms with van der Waals surface area (Å²) in [6.45, 7) is 1.94. The zero-order valence-electron chi connectivity index (χ0n) is 20.4. The summed E-state index contributed by atoms with van der Waals surface area (Å²) in [6, 6.07) is 11.5. The maximum atomic E-state index is 13.2. The van der Waals surface area contributed by atoms with Gasteiger partial charge in [0.1, 0.15) is 11.5 Å². The number of aryl methyl sites for hydroxylation is 1. The van der Waals surface area contributed by atoms with E-state index in [1.807, 2.05) is 43.3 Å². The highest BCUT2D eigenvalue weighted by atomic mass is 16.5. The van der Waals surface area contributed by atoms with E-state index < -0.39 is 0 Å². The second-order valence-corrected chi connectivity index (χ2v) is 8.54. The molecule has 180 valence electrons. The quantitative estimate of drug-likeness (QED) is 0.403. The average Bonchev–Trinajstić information content (AvgIpc) is 3.21. The molecule has 1 aliphatic carbocycles. The number of ketones is 1. The predicted octanol–water partition coefficient (Wildman–Crippen LogP) is 4.65. The third-order valence-corrected chi connectivity index (χ3v) is 6.59. The van der Waals surface area contributed by atoms with Crippen LogP contribution in [0.3, 0.4) is 0 Å². The Kier molecular flexibility index (Phi) is 5.80. The number of fused-ring (bicyclic) bond motifs is 2. The largest absolute Gasteiger partial charge is 0.497 e. The second kappa shape index (κ2) is 8.94. The lowest BCUT2D eigenvalue weighted by atomic mass is 9.81. The Morgan fingerprint density at radius 2 is 1.66 bits per heavy atom. The van der Waals surface area contributed by atoms with Crippen LogP contribution in [0.2, 0.25) is 0 Å². The van der Waals surface area contributed by atoms with Crippen molar-refractivity contribution >= 4 is 11.4 Å². The van der Waals surface area contributed by atoms with Crippen LogP contribution in [-0.2, 0) is 6.42 Å². The van der Waals surface area contributed by atoms with Gasteiger partial charge in [0, 0.05) is 30.2 Å². The molecule has 0 radical (unpaired) electrons. The summed E-state index contributed by atoms with van der Waals surface area (Å²) in [5, 5.41) is 4.65. The molecular formula is C27H27N3O5. The summed E-state index contributed by atoms with van der Waals surface area (Å²) < 4.78 is 23.5. The normalized spacial score (nSPS) is 15.1. The van der Waals surface area contributed by atoms with Crippen LogP contribution in [0.25, 0.3) is 16.8 Å². The molecule has 2 aromatic heterocycles. The van der Waals surface area contributed by atoms with Gasteiger partial charge in [-0.15, -0.1) is 0 Å². The van der Waals surface area contributed by atoms with Crippen molar-refractivity contribution in [3.63, 3.8) is 0 Å². The average molecular weight is 474 g/mol. The highest BCUT2D eigenvalue weighted by Gasteiger charge is 2.31. The number of methoxy groups -OCH3 is 4. The number of aromatic nitrogens is 3. The minimum atomic E-state index is -0.0423. The zero-order valence-corrected chi connectivity index (χ0v) is 20.4. The van der Waals surface area contributed by atoms with Gasteiger partial charge < -0.3 is 18.9 Å². The number of rotatable bonds is 6. The van der Waals surface area contributed by atoms with E-state index in [1.165, 1.54) is 0 Å². The van der Waals surface area contributed by atoms with Crippen LogP contribution in [0.4, 0.5) is 0 Å². The summed E-state index contributed by atoms with van der Waals surface area (Å²) >= 11 is 0. The molecule has 0 amide bonds. The number of nitrogens with zero attached hydrogens (tertiary/aromatic N) is 3. The van der Waals surface area contributed by atoms with Gasteiger partial charge in [0.05, 0.1) is 45.4 Å². The third kappa shape index (κ3) is 3.84. The number of hydrogen-bond donors (Lipinski definition) is 0. The van der Waals surface area contributed by atoms with Crippen LogP contribution >= 0.6 is 0 Å². The number of Topliss-reactive ketones (excluding diaryl/α,β-unsaturated/α-hetero) is 1. The molecular weight excluding hydrogens is 446 g/mol. The molecule has 8 heteroatoms. The summed E-state index contributed by atoms with van der Waals surface area (Å²) in [5.74, 6) is 2.70. The number of hydrogen-bond acceptors (Lipinski definition) is 7. The summed E-state index contributed by atoms with van der Waals surface area (Å²) in [6.07, 6.45) is 2.81. The van der Waals surface area contributed by atoms with Gasteiger partial charge in [-0.3, -0.25) is 4.79 Å². The van der Waals surface area contributed by atoms with E-state index in [0.29, 0.717) is 47.1 Å². The van der Waals surface area contributed by atoms with E-state index >= 15 is 0 Å². The van der Waals surface area contributed by atoms with Crippen LogP contribution in [0.15, 0.2) is 42.6 Å². The number of carbonyl (C=O) groups is 1. The Labute approximate surface area is 203 Å². The Morgan fingerprint density at radius 1 is 0.886 bits per heavy atom. The number of benzene rings is 2. The van der Waals surface area contributed by atoms with E-state index in [2.05, 4.69) is 5.10 Å². The molecule has 0 saturated carbocycles. The predicted molar refractivity (Wildman–Crippen MR) is 131 cm³/mol. The lowest BCUT2D eigenvalue weighted by Crippen LogP contribution is -2.21. The van der Waals surface area contributed by atoms with E-state index in [4.69, 9.17) is 23.9 Å². The van der Waals surface area contributed by atoms with Gasteiger partial charge in [0.25, 0.3) is 0 Å². The van der Waals surface area contributed by atoms with Crippen LogP contribution in [0, 0.1) is 6.92 Å². The van der Waals surface area contributed by atoms with Crippen molar-refractivity contribution in [1.82, 2.24) is 14.6 Å². The Hall–Kier alpha value is -4.07. The van der Waals surface area contributed by atoms with E-state index in [9.17, 15) is 4.79 Å². The molecule has 0 saturated heterocycles. The molecule has 4 aromatic rings. The fourth-order valence-electron chi connectivity index (χ4n) is 4.85. The van der Waals surface area contributed by atoms with Crippen molar-refractivity contribution in [3.8, 4) is 34.1 Å². The highest BCUT2D eigenvalue weighted by molar-refractivity contribution is 5.99. The van der Waals surface area contributed by atoms with Crippen molar-refractivity contribution in [2.24, 2.45) is 0 Å². The van der Waals surface area contributed by atoms with Gasteiger partial charge in [-0.25, -0.2) is 9.50 Å². The molecule has 2 aromatic carbocycles. The van der Waals surface area contributed by atoms with Crippen LogP contribution in [0.5, 0.6) is 23.0 Å². The molecule has 5 rings (SSSR count). The van der Waals surface area contributed by atoms with E-state index in [0.717, 1.165) is 28.1 Å². The number of ether oxygens (including phenoxy) is 4. The van der Waals surface area contributed by atoms with Crippen LogP contribution < -0.4 is 18.9 Å². The molecule has 8 nitrogen and oxygen atoms in total. The van der Waals surface area contributed by atoms with Crippen molar-refractivity contribution in [2.45, 2.75) is 25.7 Å². The maximum absolute atomic E-state index is 13.2. The molecule has 0 fully saturated rings. The summed E-state index contributed by atoms with van der Waals surface area (Å²) in [4.78, 5) is 18.1. The van der Waals surface area contributed by atoms with Gasteiger partial charge in [0.15, 0.2) is 22.9 Å². The second-order valence-electron chi connectivity index (χ2n) is 8.54. The van der Waals surface area contributed by atoms with E-state index in [-0.39, 0.29) is 11.7 Å². The first-order chi connectivity index (χ1) is 17.0. The van der Waals surface area contributed by atoms with E-state index in [1.54, 1.807) is 39.2 Å². The Balaban J connectivity index is 1.60. The Bertz CT molecular complexity index is 1440. The summed E-state index contributed by atoms with van der Waals surface area (Å²) in [7, 11) is 6.46. The fraction of sp³-hybridized carbons (Fsp3) is 0.296. The first kappa shape index (κ1) is 22.7. The molecule has 1 aliphatic rings. The maximum Gasteiger partial charge on any atom is 0.166 e. The van der Waals surface area contributed by atoms with Gasteiger partial charge >= 0.3 is 0 Å². The molecule has 1 unspecified atom stereocenters. The highest BCUT2D eigenvalue weighted by Crippen LogP contribution is 2.40.